The largest absolute Gasteiger partial charge is 0.361 e. The smallest absolute Gasteiger partial charge is 0.228 e. The van der Waals surface area contributed by atoms with Gasteiger partial charge in [0.05, 0.1) is 12.1 Å². The van der Waals surface area contributed by atoms with E-state index >= 15 is 0 Å². The quantitative estimate of drug-likeness (QED) is 0.523. The fourth-order valence-corrected chi connectivity index (χ4v) is 3.97. The van der Waals surface area contributed by atoms with Gasteiger partial charge in [-0.2, -0.15) is 0 Å². The molecule has 4 aromatic rings. The third-order valence-electron chi connectivity index (χ3n) is 5.57. The van der Waals surface area contributed by atoms with Gasteiger partial charge in [-0.15, -0.1) is 10.2 Å². The van der Waals surface area contributed by atoms with Gasteiger partial charge in [0, 0.05) is 41.4 Å². The summed E-state index contributed by atoms with van der Waals surface area (Å²) in [6.07, 6.45) is 4.67. The first kappa shape index (κ1) is 18.4. The number of carbonyl (C=O) groups excluding carboxylic acids is 1. The van der Waals surface area contributed by atoms with Gasteiger partial charge in [0.15, 0.2) is 5.82 Å². The number of hydrogen-bond donors (Lipinski definition) is 2. The molecule has 6 heteroatoms. The molecular weight excluding hydrogens is 374 g/mol. The normalized spacial score (nSPS) is 13.7. The van der Waals surface area contributed by atoms with Crippen LogP contribution in [0.4, 0.5) is 11.5 Å². The lowest BCUT2D eigenvalue weighted by molar-refractivity contribution is -0.115. The maximum absolute atomic E-state index is 12.5. The monoisotopic (exact) mass is 397 g/mol. The van der Waals surface area contributed by atoms with Gasteiger partial charge in [-0.3, -0.25) is 4.79 Å². The number of para-hydroxylation sites is 1. The number of aromatic nitrogens is 3. The van der Waals surface area contributed by atoms with Crippen LogP contribution in [0, 0.1) is 0 Å². The van der Waals surface area contributed by atoms with Crippen molar-refractivity contribution in [3.8, 4) is 11.3 Å². The lowest BCUT2D eigenvalue weighted by atomic mass is 10.1. The molecule has 0 saturated carbocycles. The molecule has 0 bridgehead atoms. The molecule has 0 unspecified atom stereocenters. The first-order chi connectivity index (χ1) is 14.8. The van der Waals surface area contributed by atoms with Crippen LogP contribution >= 0.6 is 0 Å². The molecule has 1 aliphatic rings. The zero-order chi connectivity index (χ0) is 20.3. The molecule has 0 radical (unpaired) electrons. The second kappa shape index (κ2) is 7.99. The van der Waals surface area contributed by atoms with E-state index in [0.29, 0.717) is 6.42 Å². The molecule has 0 aliphatic carbocycles. The summed E-state index contributed by atoms with van der Waals surface area (Å²) in [6.45, 7) is 2.11. The Labute approximate surface area is 174 Å². The van der Waals surface area contributed by atoms with Gasteiger partial charge in [0.2, 0.25) is 5.91 Å². The minimum absolute atomic E-state index is 0.0396. The molecule has 2 aromatic heterocycles. The molecule has 1 amide bonds. The van der Waals surface area contributed by atoms with Gasteiger partial charge in [0.25, 0.3) is 0 Å². The predicted octanol–water partition coefficient (Wildman–Crippen LogP) is 4.41. The van der Waals surface area contributed by atoms with Gasteiger partial charge in [-0.25, -0.2) is 0 Å². The van der Waals surface area contributed by atoms with Crippen molar-refractivity contribution in [1.82, 2.24) is 15.2 Å². The molecule has 1 fully saturated rings. The topological polar surface area (TPSA) is 73.9 Å². The van der Waals surface area contributed by atoms with E-state index in [1.165, 1.54) is 12.8 Å². The number of carbonyl (C=O) groups is 1. The average Bonchev–Trinajstić information content (AvgIpc) is 3.45. The number of nitrogens with one attached hydrogen (secondary N) is 2. The zero-order valence-electron chi connectivity index (χ0n) is 16.6. The van der Waals surface area contributed by atoms with Crippen LogP contribution in [0.15, 0.2) is 66.9 Å². The molecule has 6 nitrogen and oxygen atoms in total. The number of benzene rings is 2. The van der Waals surface area contributed by atoms with Crippen LogP contribution in [0.2, 0.25) is 0 Å². The number of nitrogens with zero attached hydrogens (tertiary/aromatic N) is 3. The van der Waals surface area contributed by atoms with E-state index in [-0.39, 0.29) is 5.91 Å². The number of H-pyrrole nitrogens is 1. The lowest BCUT2D eigenvalue weighted by Crippen LogP contribution is -2.19. The Morgan fingerprint density at radius 2 is 1.77 bits per heavy atom. The van der Waals surface area contributed by atoms with Crippen molar-refractivity contribution in [2.24, 2.45) is 0 Å². The summed E-state index contributed by atoms with van der Waals surface area (Å²) in [5, 5.41) is 12.8. The van der Waals surface area contributed by atoms with Crippen LogP contribution in [0.5, 0.6) is 0 Å². The highest BCUT2D eigenvalue weighted by atomic mass is 16.1. The molecule has 2 aromatic carbocycles. The Balaban J connectivity index is 1.24. The highest BCUT2D eigenvalue weighted by Gasteiger charge is 2.14. The molecule has 0 atom stereocenters. The van der Waals surface area contributed by atoms with E-state index in [9.17, 15) is 4.79 Å². The molecule has 1 aliphatic heterocycles. The molecule has 150 valence electrons. The number of anilines is 2. The summed E-state index contributed by atoms with van der Waals surface area (Å²) in [5.74, 6) is 0.902. The van der Waals surface area contributed by atoms with E-state index in [1.807, 2.05) is 66.9 Å². The van der Waals surface area contributed by atoms with E-state index in [4.69, 9.17) is 0 Å². The highest BCUT2D eigenvalue weighted by molar-refractivity contribution is 5.95. The van der Waals surface area contributed by atoms with Crippen molar-refractivity contribution in [2.45, 2.75) is 19.3 Å². The fourth-order valence-electron chi connectivity index (χ4n) is 3.97. The Kier molecular flexibility index (Phi) is 4.89. The van der Waals surface area contributed by atoms with Crippen LogP contribution in [0.25, 0.3) is 22.2 Å². The summed E-state index contributed by atoms with van der Waals surface area (Å²) in [7, 11) is 0. The van der Waals surface area contributed by atoms with Gasteiger partial charge in [-0.05, 0) is 48.7 Å². The van der Waals surface area contributed by atoms with Gasteiger partial charge in [0.1, 0.15) is 0 Å². The SMILES string of the molecule is O=C(Cc1c[nH]c2ccccc12)Nc1ccc(-c2ccc(N3CCCC3)nn2)cc1. The van der Waals surface area contributed by atoms with Crippen molar-refractivity contribution in [3.63, 3.8) is 0 Å². The fraction of sp³-hybridized carbons (Fsp3) is 0.208. The Bertz CT molecular complexity index is 1160. The number of hydrogen-bond acceptors (Lipinski definition) is 4. The van der Waals surface area contributed by atoms with Gasteiger partial charge >= 0.3 is 0 Å². The van der Waals surface area contributed by atoms with E-state index in [2.05, 4.69) is 25.4 Å². The van der Waals surface area contributed by atoms with Crippen LogP contribution in [0.1, 0.15) is 18.4 Å². The summed E-state index contributed by atoms with van der Waals surface area (Å²) in [6, 6.07) is 19.8. The van der Waals surface area contributed by atoms with Crippen molar-refractivity contribution in [2.75, 3.05) is 23.3 Å². The van der Waals surface area contributed by atoms with Crippen LogP contribution < -0.4 is 10.2 Å². The number of amides is 1. The molecular formula is C24H23N5O. The third-order valence-corrected chi connectivity index (χ3v) is 5.57. The molecule has 0 spiro atoms. The Hall–Kier alpha value is -3.67. The minimum Gasteiger partial charge on any atom is -0.361 e. The first-order valence-electron chi connectivity index (χ1n) is 10.3. The predicted molar refractivity (Wildman–Crippen MR) is 120 cm³/mol. The average molecular weight is 397 g/mol. The lowest BCUT2D eigenvalue weighted by Gasteiger charge is -2.15. The minimum atomic E-state index is -0.0396. The van der Waals surface area contributed by atoms with Gasteiger partial charge in [-0.1, -0.05) is 30.3 Å². The van der Waals surface area contributed by atoms with Crippen LogP contribution in [-0.4, -0.2) is 34.2 Å². The summed E-state index contributed by atoms with van der Waals surface area (Å²) < 4.78 is 0. The number of fused-ring (bicyclic) bond motifs is 1. The van der Waals surface area contributed by atoms with Crippen LogP contribution in [-0.2, 0) is 11.2 Å². The van der Waals surface area contributed by atoms with Gasteiger partial charge < -0.3 is 15.2 Å². The molecule has 30 heavy (non-hydrogen) atoms. The van der Waals surface area contributed by atoms with Crippen molar-refractivity contribution in [1.29, 1.82) is 0 Å². The second-order valence-electron chi connectivity index (χ2n) is 7.63. The summed E-state index contributed by atoms with van der Waals surface area (Å²) in [5.41, 5.74) is 4.61. The number of rotatable bonds is 5. The highest BCUT2D eigenvalue weighted by Crippen LogP contribution is 2.23. The number of aromatic amines is 1. The van der Waals surface area contributed by atoms with Crippen LogP contribution in [0.3, 0.4) is 0 Å². The molecule has 2 N–H and O–H groups in total. The van der Waals surface area contributed by atoms with Crippen molar-refractivity contribution < 1.29 is 4.79 Å². The third kappa shape index (κ3) is 3.76. The summed E-state index contributed by atoms with van der Waals surface area (Å²) in [4.78, 5) is 18.0. The molecule has 5 rings (SSSR count). The standard InChI is InChI=1S/C24H23N5O/c30-24(15-18-16-25-22-6-2-1-5-20(18)22)26-19-9-7-17(8-10-19)21-11-12-23(28-27-21)29-13-3-4-14-29/h1-2,5-12,16,25H,3-4,13-15H2,(H,26,30). The van der Waals surface area contributed by atoms with Crippen molar-refractivity contribution >= 4 is 28.3 Å². The van der Waals surface area contributed by atoms with E-state index in [0.717, 1.165) is 52.3 Å². The maximum Gasteiger partial charge on any atom is 0.228 e. The zero-order valence-corrected chi connectivity index (χ0v) is 16.6. The molecule has 3 heterocycles. The molecule has 1 saturated heterocycles. The second-order valence-corrected chi connectivity index (χ2v) is 7.63. The Morgan fingerprint density at radius 3 is 2.53 bits per heavy atom. The van der Waals surface area contributed by atoms with Crippen molar-refractivity contribution in [3.05, 3.63) is 72.4 Å². The van der Waals surface area contributed by atoms with E-state index < -0.39 is 0 Å². The first-order valence-corrected chi connectivity index (χ1v) is 10.3. The summed E-state index contributed by atoms with van der Waals surface area (Å²) >= 11 is 0. The van der Waals surface area contributed by atoms with E-state index in [1.54, 1.807) is 0 Å². The maximum atomic E-state index is 12.5. The Morgan fingerprint density at radius 1 is 0.967 bits per heavy atom.